The molecule has 1 aromatic rings. The first-order valence-electron chi connectivity index (χ1n) is 4.29. The van der Waals surface area contributed by atoms with Crippen LogP contribution < -0.4 is 0 Å². The van der Waals surface area contributed by atoms with Crippen LogP contribution in [0.3, 0.4) is 0 Å². The summed E-state index contributed by atoms with van der Waals surface area (Å²) in [7, 11) is 1.76. The molecule has 0 spiro atoms. The van der Waals surface area contributed by atoms with Crippen LogP contribution in [-0.2, 0) is 4.79 Å². The van der Waals surface area contributed by atoms with E-state index in [9.17, 15) is 4.79 Å². The molecule has 2 rings (SSSR count). The van der Waals surface area contributed by atoms with Crippen LogP contribution in [0.25, 0.3) is 5.57 Å². The third-order valence-electron chi connectivity index (χ3n) is 2.22. The predicted octanol–water partition coefficient (Wildman–Crippen LogP) is 0.840. The van der Waals surface area contributed by atoms with Gasteiger partial charge in [-0.2, -0.15) is 0 Å². The van der Waals surface area contributed by atoms with Crippen molar-refractivity contribution in [1.29, 1.82) is 0 Å². The molecule has 0 fully saturated rings. The van der Waals surface area contributed by atoms with E-state index in [2.05, 4.69) is 15.6 Å². The molecule has 0 aliphatic carbocycles. The summed E-state index contributed by atoms with van der Waals surface area (Å²) >= 11 is 2.86. The number of likely N-dealkylation sites (N-methyl/N-ethyl adjacent to an activating group) is 1. The van der Waals surface area contributed by atoms with E-state index in [1.165, 1.54) is 0 Å². The topological polar surface area (TPSA) is 20.3 Å². The molecule has 1 aromatic carbocycles. The van der Waals surface area contributed by atoms with E-state index in [1.807, 2.05) is 36.4 Å². The summed E-state index contributed by atoms with van der Waals surface area (Å²) in [5, 5.41) is 0. The maximum atomic E-state index is 11.7. The van der Waals surface area contributed by atoms with Crippen molar-refractivity contribution >= 4 is 31.6 Å². The zero-order chi connectivity index (χ0) is 10.1. The number of carbonyl (C=O) groups is 1. The van der Waals surface area contributed by atoms with Crippen LogP contribution in [0.15, 0.2) is 36.4 Å². The van der Waals surface area contributed by atoms with E-state index < -0.39 is 0 Å². The molecular weight excluding hydrogens is 241 g/mol. The second-order valence-electron chi connectivity index (χ2n) is 3.13. The molecule has 0 saturated carbocycles. The summed E-state index contributed by atoms with van der Waals surface area (Å²) in [4.78, 5) is 13.3. The van der Waals surface area contributed by atoms with Gasteiger partial charge in [-0.05, 0) is 0 Å². The van der Waals surface area contributed by atoms with Crippen molar-refractivity contribution in [3.63, 3.8) is 0 Å². The number of hydrogen-bond acceptors (Lipinski definition) is 1. The molecule has 0 radical (unpaired) electrons. The van der Waals surface area contributed by atoms with Gasteiger partial charge in [0.1, 0.15) is 0 Å². The molecule has 0 unspecified atom stereocenters. The molecule has 1 aliphatic rings. The van der Waals surface area contributed by atoms with Crippen LogP contribution in [0.2, 0.25) is 0 Å². The first kappa shape index (κ1) is 9.38. The van der Waals surface area contributed by atoms with Gasteiger partial charge in [0.2, 0.25) is 0 Å². The average molecular weight is 250 g/mol. The SMILES string of the molecule is CN1C(=O)C(c2ccccc2)=CC1=[Se]. The summed E-state index contributed by atoms with van der Waals surface area (Å²) < 4.78 is 0.869. The molecule has 0 atom stereocenters. The fourth-order valence-electron chi connectivity index (χ4n) is 1.39. The van der Waals surface area contributed by atoms with Gasteiger partial charge in [0, 0.05) is 0 Å². The Kier molecular flexibility index (Phi) is 2.36. The minimum absolute atomic E-state index is 0.0463. The third-order valence-corrected chi connectivity index (χ3v) is 3.04. The number of carbonyl (C=O) groups excluding carboxylic acids is 1. The van der Waals surface area contributed by atoms with E-state index in [0.717, 1.165) is 15.7 Å². The Morgan fingerprint density at radius 3 is 2.36 bits per heavy atom. The van der Waals surface area contributed by atoms with Gasteiger partial charge in [-0.25, -0.2) is 0 Å². The number of nitrogens with zero attached hydrogens (tertiary/aromatic N) is 1. The van der Waals surface area contributed by atoms with E-state index in [0.29, 0.717) is 0 Å². The molecular formula is C11H9NOSe. The molecule has 3 heteroatoms. The van der Waals surface area contributed by atoms with Crippen molar-refractivity contribution in [1.82, 2.24) is 4.90 Å². The Labute approximate surface area is 90.6 Å². The van der Waals surface area contributed by atoms with Crippen LogP contribution in [0.4, 0.5) is 0 Å². The normalized spacial score (nSPS) is 16.1. The van der Waals surface area contributed by atoms with Gasteiger partial charge in [-0.3, -0.25) is 0 Å². The summed E-state index contributed by atoms with van der Waals surface area (Å²) in [6.45, 7) is 0. The molecule has 0 saturated heterocycles. The molecule has 0 N–H and O–H groups in total. The predicted molar refractivity (Wildman–Crippen MR) is 58.0 cm³/mol. The third kappa shape index (κ3) is 1.45. The van der Waals surface area contributed by atoms with E-state index in [-0.39, 0.29) is 5.91 Å². The first-order chi connectivity index (χ1) is 6.70. The van der Waals surface area contributed by atoms with Crippen molar-refractivity contribution in [2.24, 2.45) is 0 Å². The zero-order valence-corrected chi connectivity index (χ0v) is 9.44. The van der Waals surface area contributed by atoms with Crippen LogP contribution in [0, 0.1) is 0 Å². The van der Waals surface area contributed by atoms with Gasteiger partial charge in [0.25, 0.3) is 0 Å². The molecule has 0 aromatic heterocycles. The first-order valence-corrected chi connectivity index (χ1v) is 5.15. The quantitative estimate of drug-likeness (QED) is 0.676. The van der Waals surface area contributed by atoms with E-state index in [4.69, 9.17) is 0 Å². The van der Waals surface area contributed by atoms with Crippen LogP contribution in [0.5, 0.6) is 0 Å². The van der Waals surface area contributed by atoms with Gasteiger partial charge >= 0.3 is 90.3 Å². The Morgan fingerprint density at radius 2 is 1.86 bits per heavy atom. The van der Waals surface area contributed by atoms with Gasteiger partial charge in [-0.1, -0.05) is 0 Å². The van der Waals surface area contributed by atoms with Crippen molar-refractivity contribution in [3.8, 4) is 0 Å². The molecule has 1 aliphatic heterocycles. The average Bonchev–Trinajstić information content (AvgIpc) is 2.47. The molecule has 0 bridgehead atoms. The maximum absolute atomic E-state index is 11.7. The number of amides is 1. The monoisotopic (exact) mass is 251 g/mol. The van der Waals surface area contributed by atoms with Crippen molar-refractivity contribution in [3.05, 3.63) is 42.0 Å². The number of benzene rings is 1. The van der Waals surface area contributed by atoms with Crippen molar-refractivity contribution in [2.75, 3.05) is 7.05 Å². The van der Waals surface area contributed by atoms with Crippen LogP contribution in [-0.4, -0.2) is 38.0 Å². The van der Waals surface area contributed by atoms with Gasteiger partial charge in [-0.15, -0.1) is 0 Å². The number of rotatable bonds is 1. The summed E-state index contributed by atoms with van der Waals surface area (Å²) in [6.07, 6.45) is 1.87. The Hall–Kier alpha value is -1.18. The Balaban J connectivity index is 2.43. The second kappa shape index (κ2) is 3.52. The molecule has 70 valence electrons. The summed E-state index contributed by atoms with van der Waals surface area (Å²) in [5.41, 5.74) is 1.72. The van der Waals surface area contributed by atoms with Gasteiger partial charge in [0.15, 0.2) is 0 Å². The van der Waals surface area contributed by atoms with E-state index >= 15 is 0 Å². The van der Waals surface area contributed by atoms with Crippen LogP contribution in [0.1, 0.15) is 5.56 Å². The van der Waals surface area contributed by atoms with Crippen molar-refractivity contribution < 1.29 is 4.79 Å². The zero-order valence-electron chi connectivity index (χ0n) is 7.73. The van der Waals surface area contributed by atoms with Crippen LogP contribution >= 0.6 is 0 Å². The van der Waals surface area contributed by atoms with Gasteiger partial charge in [0.05, 0.1) is 0 Å². The minimum atomic E-state index is 0.0463. The fourth-order valence-corrected chi connectivity index (χ4v) is 1.81. The second-order valence-corrected chi connectivity index (χ2v) is 4.00. The standard InChI is InChI=1S/C11H9NOSe/c1-12-10(14)7-9(11(12)13)8-5-3-2-4-6-8/h2-7H,1H3. The molecule has 2 nitrogen and oxygen atoms in total. The Morgan fingerprint density at radius 1 is 1.21 bits per heavy atom. The van der Waals surface area contributed by atoms with Gasteiger partial charge < -0.3 is 0 Å². The number of hydrogen-bond donors (Lipinski definition) is 0. The van der Waals surface area contributed by atoms with Crippen molar-refractivity contribution in [2.45, 2.75) is 0 Å². The summed E-state index contributed by atoms with van der Waals surface area (Å²) in [5.74, 6) is 0.0463. The molecule has 1 heterocycles. The van der Waals surface area contributed by atoms with E-state index in [1.54, 1.807) is 11.9 Å². The fraction of sp³-hybridized carbons (Fsp3) is 0.0909. The molecule has 14 heavy (non-hydrogen) atoms. The molecule has 1 amide bonds. The summed E-state index contributed by atoms with van der Waals surface area (Å²) in [6, 6.07) is 9.68. The Bertz CT molecular complexity index is 422.